The van der Waals surface area contributed by atoms with Gasteiger partial charge in [0.2, 0.25) is 0 Å². The number of anilines is 2. The van der Waals surface area contributed by atoms with Crippen LogP contribution in [0.15, 0.2) is 24.5 Å². The van der Waals surface area contributed by atoms with Gasteiger partial charge in [-0.25, -0.2) is 9.97 Å². The summed E-state index contributed by atoms with van der Waals surface area (Å²) < 4.78 is 0. The van der Waals surface area contributed by atoms with Crippen LogP contribution in [0.5, 0.6) is 0 Å². The number of nitrogens with two attached hydrogens (primary N) is 1. The molecular formula is C16H22N4. The van der Waals surface area contributed by atoms with E-state index >= 15 is 0 Å². The first-order valence-electron chi connectivity index (χ1n) is 7.56. The van der Waals surface area contributed by atoms with Crippen molar-refractivity contribution in [1.29, 1.82) is 0 Å². The molecule has 0 spiro atoms. The van der Waals surface area contributed by atoms with Gasteiger partial charge in [-0.15, -0.1) is 0 Å². The molecule has 0 saturated carbocycles. The predicted octanol–water partition coefficient (Wildman–Crippen LogP) is 3.37. The van der Waals surface area contributed by atoms with Crippen molar-refractivity contribution in [2.24, 2.45) is 0 Å². The molecule has 1 fully saturated rings. The van der Waals surface area contributed by atoms with E-state index in [-0.39, 0.29) is 0 Å². The number of nitrogens with zero attached hydrogens (tertiary/aromatic N) is 3. The fraction of sp³-hybridized carbons (Fsp3) is 0.500. The van der Waals surface area contributed by atoms with Crippen LogP contribution in [0, 0.1) is 0 Å². The maximum absolute atomic E-state index is 5.94. The van der Waals surface area contributed by atoms with Crippen molar-refractivity contribution in [3.05, 3.63) is 24.5 Å². The van der Waals surface area contributed by atoms with E-state index < -0.39 is 0 Å². The summed E-state index contributed by atoms with van der Waals surface area (Å²) in [7, 11) is 0. The lowest BCUT2D eigenvalue weighted by atomic mass is 9.98. The Balaban J connectivity index is 2.05. The molecule has 106 valence electrons. The van der Waals surface area contributed by atoms with E-state index in [4.69, 9.17) is 5.73 Å². The van der Waals surface area contributed by atoms with Crippen LogP contribution in [0.4, 0.5) is 11.5 Å². The number of rotatable bonds is 3. The van der Waals surface area contributed by atoms with Crippen LogP contribution >= 0.6 is 0 Å². The minimum absolute atomic E-state index is 0.605. The zero-order valence-electron chi connectivity index (χ0n) is 12.0. The molecule has 2 N–H and O–H groups in total. The van der Waals surface area contributed by atoms with E-state index in [1.807, 2.05) is 18.2 Å². The zero-order valence-corrected chi connectivity index (χ0v) is 12.0. The smallest absolute Gasteiger partial charge is 0.140 e. The van der Waals surface area contributed by atoms with Gasteiger partial charge in [-0.2, -0.15) is 0 Å². The van der Waals surface area contributed by atoms with Gasteiger partial charge in [-0.1, -0.05) is 13.3 Å². The van der Waals surface area contributed by atoms with E-state index in [0.717, 1.165) is 29.0 Å². The molecule has 3 rings (SSSR count). The standard InChI is InChI=1S/C16H22N4/c1-2-5-13-6-3-4-9-20(13)16-14-10-12(17)7-8-15(14)18-11-19-16/h7-8,10-11,13H,2-6,9,17H2,1H3. The summed E-state index contributed by atoms with van der Waals surface area (Å²) in [5.41, 5.74) is 7.69. The number of hydrogen-bond donors (Lipinski definition) is 1. The van der Waals surface area contributed by atoms with Crippen LogP contribution in [-0.4, -0.2) is 22.6 Å². The monoisotopic (exact) mass is 270 g/mol. The van der Waals surface area contributed by atoms with Crippen molar-refractivity contribution in [3.63, 3.8) is 0 Å². The van der Waals surface area contributed by atoms with Crippen molar-refractivity contribution < 1.29 is 0 Å². The van der Waals surface area contributed by atoms with Gasteiger partial charge in [-0.05, 0) is 43.9 Å². The SMILES string of the molecule is CCCC1CCCCN1c1ncnc2ccc(N)cc12. The lowest BCUT2D eigenvalue weighted by molar-refractivity contribution is 0.432. The third-order valence-electron chi connectivity index (χ3n) is 4.16. The highest BCUT2D eigenvalue weighted by Gasteiger charge is 2.24. The largest absolute Gasteiger partial charge is 0.399 e. The van der Waals surface area contributed by atoms with Crippen LogP contribution in [-0.2, 0) is 0 Å². The van der Waals surface area contributed by atoms with Gasteiger partial charge < -0.3 is 10.6 Å². The maximum atomic E-state index is 5.94. The average molecular weight is 270 g/mol. The summed E-state index contributed by atoms with van der Waals surface area (Å²) in [4.78, 5) is 11.4. The number of piperidine rings is 1. The summed E-state index contributed by atoms with van der Waals surface area (Å²) in [5.74, 6) is 1.06. The number of benzene rings is 1. The molecule has 0 amide bonds. The number of fused-ring (bicyclic) bond motifs is 1. The normalized spacial score (nSPS) is 19.4. The van der Waals surface area contributed by atoms with E-state index in [1.54, 1.807) is 6.33 Å². The van der Waals surface area contributed by atoms with Gasteiger partial charge in [0.15, 0.2) is 0 Å². The molecule has 1 saturated heterocycles. The number of hydrogen-bond acceptors (Lipinski definition) is 4. The van der Waals surface area contributed by atoms with Crippen LogP contribution in [0.3, 0.4) is 0 Å². The molecule has 0 aliphatic carbocycles. The highest BCUT2D eigenvalue weighted by molar-refractivity contribution is 5.91. The molecule has 1 aliphatic heterocycles. The Hall–Kier alpha value is -1.84. The fourth-order valence-electron chi connectivity index (χ4n) is 3.20. The maximum Gasteiger partial charge on any atom is 0.140 e. The van der Waals surface area contributed by atoms with Crippen molar-refractivity contribution in [2.45, 2.75) is 45.1 Å². The topological polar surface area (TPSA) is 55.0 Å². The van der Waals surface area contributed by atoms with Crippen LogP contribution < -0.4 is 10.6 Å². The van der Waals surface area contributed by atoms with Crippen LogP contribution in [0.25, 0.3) is 10.9 Å². The first-order valence-corrected chi connectivity index (χ1v) is 7.56. The molecule has 20 heavy (non-hydrogen) atoms. The van der Waals surface area contributed by atoms with Gasteiger partial charge in [0, 0.05) is 23.7 Å². The van der Waals surface area contributed by atoms with Gasteiger partial charge in [0.05, 0.1) is 5.52 Å². The molecule has 4 nitrogen and oxygen atoms in total. The molecule has 1 unspecified atom stereocenters. The molecule has 0 radical (unpaired) electrons. The fourth-order valence-corrected chi connectivity index (χ4v) is 3.20. The highest BCUT2D eigenvalue weighted by atomic mass is 15.2. The predicted molar refractivity (Wildman–Crippen MR) is 83.8 cm³/mol. The highest BCUT2D eigenvalue weighted by Crippen LogP contribution is 2.31. The third kappa shape index (κ3) is 2.42. The Morgan fingerprint density at radius 1 is 1.30 bits per heavy atom. The minimum Gasteiger partial charge on any atom is -0.399 e. The summed E-state index contributed by atoms with van der Waals surface area (Å²) in [6, 6.07) is 6.49. The number of nitrogen functional groups attached to an aromatic ring is 1. The number of aromatic nitrogens is 2. The first kappa shape index (κ1) is 13.2. The molecule has 4 heteroatoms. The van der Waals surface area contributed by atoms with Crippen molar-refractivity contribution >= 4 is 22.4 Å². The van der Waals surface area contributed by atoms with Gasteiger partial charge in [0.25, 0.3) is 0 Å². The van der Waals surface area contributed by atoms with Crippen molar-refractivity contribution in [2.75, 3.05) is 17.2 Å². The molecule has 1 aromatic carbocycles. The first-order chi connectivity index (χ1) is 9.79. The summed E-state index contributed by atoms with van der Waals surface area (Å²) in [5, 5.41) is 1.08. The van der Waals surface area contributed by atoms with E-state index in [9.17, 15) is 0 Å². The van der Waals surface area contributed by atoms with Crippen LogP contribution in [0.2, 0.25) is 0 Å². The summed E-state index contributed by atoms with van der Waals surface area (Å²) in [6.07, 6.45) is 7.95. The lowest BCUT2D eigenvalue weighted by Crippen LogP contribution is -2.40. The minimum atomic E-state index is 0.605. The van der Waals surface area contributed by atoms with Crippen molar-refractivity contribution in [3.8, 4) is 0 Å². The van der Waals surface area contributed by atoms with E-state index in [1.165, 1.54) is 32.1 Å². The average Bonchev–Trinajstić information content (AvgIpc) is 2.48. The van der Waals surface area contributed by atoms with Gasteiger partial charge in [-0.3, -0.25) is 0 Å². The Labute approximate surface area is 120 Å². The van der Waals surface area contributed by atoms with Gasteiger partial charge >= 0.3 is 0 Å². The molecule has 2 aromatic rings. The molecule has 2 heterocycles. The molecule has 1 aliphatic rings. The lowest BCUT2D eigenvalue weighted by Gasteiger charge is -2.37. The summed E-state index contributed by atoms with van der Waals surface area (Å²) >= 11 is 0. The third-order valence-corrected chi connectivity index (χ3v) is 4.16. The second-order valence-electron chi connectivity index (χ2n) is 5.61. The Kier molecular flexibility index (Phi) is 3.72. The van der Waals surface area contributed by atoms with E-state index in [0.29, 0.717) is 6.04 Å². The molecule has 1 atom stereocenters. The summed E-state index contributed by atoms with van der Waals surface area (Å²) in [6.45, 7) is 3.34. The molecule has 1 aromatic heterocycles. The van der Waals surface area contributed by atoms with Crippen molar-refractivity contribution in [1.82, 2.24) is 9.97 Å². The Morgan fingerprint density at radius 3 is 3.05 bits per heavy atom. The Morgan fingerprint density at radius 2 is 2.20 bits per heavy atom. The van der Waals surface area contributed by atoms with Gasteiger partial charge in [0.1, 0.15) is 12.1 Å². The Bertz CT molecular complexity index is 594. The zero-order chi connectivity index (χ0) is 13.9. The van der Waals surface area contributed by atoms with Crippen LogP contribution in [0.1, 0.15) is 39.0 Å². The molecule has 0 bridgehead atoms. The van der Waals surface area contributed by atoms with E-state index in [2.05, 4.69) is 21.8 Å². The quantitative estimate of drug-likeness (QED) is 0.869. The second kappa shape index (κ2) is 5.65. The molecular weight excluding hydrogens is 248 g/mol. The second-order valence-corrected chi connectivity index (χ2v) is 5.61.